The third-order valence-corrected chi connectivity index (χ3v) is 4.52. The maximum absolute atomic E-state index is 13.7. The number of nitrogens with one attached hydrogen (secondary N) is 1. The normalized spacial score (nSPS) is 10.5. The molecule has 0 spiro atoms. The Balaban J connectivity index is 2.30. The molecule has 0 aliphatic carbocycles. The third kappa shape index (κ3) is 4.35. The molecule has 0 fully saturated rings. The SMILES string of the molecule is Cc1cc(C#N)cc(C(=O)c2c(N(C)C)c(=O)[nH]c(=O)n2Cc2cc(N)nc(F)c2)c1. The molecule has 0 saturated carbocycles. The van der Waals surface area contributed by atoms with Crippen molar-refractivity contribution in [3.63, 3.8) is 0 Å². The van der Waals surface area contributed by atoms with Crippen LogP contribution in [0, 0.1) is 24.2 Å². The molecule has 0 atom stereocenters. The topological polar surface area (TPSA) is 138 Å². The molecule has 1 aromatic carbocycles. The molecular formula is C21H19FN6O3. The number of nitrogens with two attached hydrogens (primary N) is 1. The highest BCUT2D eigenvalue weighted by Gasteiger charge is 2.25. The van der Waals surface area contributed by atoms with E-state index in [9.17, 15) is 24.0 Å². The van der Waals surface area contributed by atoms with Crippen LogP contribution in [0.1, 0.15) is 32.7 Å². The van der Waals surface area contributed by atoms with Gasteiger partial charge in [-0.15, -0.1) is 0 Å². The van der Waals surface area contributed by atoms with E-state index in [0.29, 0.717) is 5.56 Å². The summed E-state index contributed by atoms with van der Waals surface area (Å²) < 4.78 is 14.8. The number of halogens is 1. The number of H-pyrrole nitrogens is 1. The van der Waals surface area contributed by atoms with E-state index in [-0.39, 0.29) is 40.4 Å². The number of anilines is 2. The lowest BCUT2D eigenvalue weighted by atomic mass is 10.0. The van der Waals surface area contributed by atoms with Crippen molar-refractivity contribution in [2.24, 2.45) is 0 Å². The Morgan fingerprint density at radius 1 is 1.26 bits per heavy atom. The first-order valence-electron chi connectivity index (χ1n) is 9.13. The van der Waals surface area contributed by atoms with Gasteiger partial charge in [-0.3, -0.25) is 19.1 Å². The number of rotatable bonds is 5. The van der Waals surface area contributed by atoms with Gasteiger partial charge in [-0.05, 0) is 48.4 Å². The van der Waals surface area contributed by atoms with E-state index in [4.69, 9.17) is 5.73 Å². The van der Waals surface area contributed by atoms with Crippen molar-refractivity contribution in [2.75, 3.05) is 24.7 Å². The van der Waals surface area contributed by atoms with E-state index < -0.39 is 23.0 Å². The van der Waals surface area contributed by atoms with Crippen LogP contribution in [0.15, 0.2) is 39.9 Å². The molecule has 2 aromatic heterocycles. The maximum Gasteiger partial charge on any atom is 0.329 e. The minimum atomic E-state index is -0.845. The fourth-order valence-corrected chi connectivity index (χ4v) is 3.32. The van der Waals surface area contributed by atoms with Crippen LogP contribution in [0.2, 0.25) is 0 Å². The van der Waals surface area contributed by atoms with Gasteiger partial charge < -0.3 is 10.6 Å². The number of hydrogen-bond acceptors (Lipinski definition) is 7. The van der Waals surface area contributed by atoms with Crippen LogP contribution < -0.4 is 21.9 Å². The highest BCUT2D eigenvalue weighted by Crippen LogP contribution is 2.20. The highest BCUT2D eigenvalue weighted by molar-refractivity contribution is 6.11. The van der Waals surface area contributed by atoms with Crippen molar-refractivity contribution in [2.45, 2.75) is 13.5 Å². The molecule has 158 valence electrons. The van der Waals surface area contributed by atoms with E-state index in [1.807, 2.05) is 6.07 Å². The molecule has 0 radical (unpaired) electrons. The predicted molar refractivity (Wildman–Crippen MR) is 113 cm³/mol. The molecule has 2 heterocycles. The van der Waals surface area contributed by atoms with Crippen LogP contribution >= 0.6 is 0 Å². The second-order valence-corrected chi connectivity index (χ2v) is 7.19. The molecule has 0 amide bonds. The number of aromatic nitrogens is 3. The van der Waals surface area contributed by atoms with Gasteiger partial charge in [0.05, 0.1) is 18.2 Å². The van der Waals surface area contributed by atoms with Crippen LogP contribution in [-0.4, -0.2) is 34.4 Å². The molecular weight excluding hydrogens is 403 g/mol. The van der Waals surface area contributed by atoms with Gasteiger partial charge in [0.25, 0.3) is 5.56 Å². The molecule has 10 heteroatoms. The summed E-state index contributed by atoms with van der Waals surface area (Å²) in [6.45, 7) is 1.48. The van der Waals surface area contributed by atoms with Gasteiger partial charge in [0, 0.05) is 19.7 Å². The van der Waals surface area contributed by atoms with Gasteiger partial charge in [-0.25, -0.2) is 9.78 Å². The number of nitrogen functional groups attached to an aromatic ring is 1. The van der Waals surface area contributed by atoms with Crippen LogP contribution in [-0.2, 0) is 6.54 Å². The molecule has 0 aliphatic rings. The van der Waals surface area contributed by atoms with Crippen molar-refractivity contribution < 1.29 is 9.18 Å². The number of aromatic amines is 1. The first-order valence-corrected chi connectivity index (χ1v) is 9.13. The van der Waals surface area contributed by atoms with Gasteiger partial charge in [-0.2, -0.15) is 9.65 Å². The summed E-state index contributed by atoms with van der Waals surface area (Å²) in [5.74, 6) is -1.56. The smallest absolute Gasteiger partial charge is 0.329 e. The molecule has 0 saturated heterocycles. The van der Waals surface area contributed by atoms with Gasteiger partial charge in [-0.1, -0.05) is 0 Å². The van der Waals surface area contributed by atoms with Crippen molar-refractivity contribution in [3.8, 4) is 6.07 Å². The summed E-state index contributed by atoms with van der Waals surface area (Å²) in [4.78, 5) is 45.7. The molecule has 0 aliphatic heterocycles. The minimum Gasteiger partial charge on any atom is -0.384 e. The lowest BCUT2D eigenvalue weighted by Gasteiger charge is -2.20. The zero-order chi connectivity index (χ0) is 22.9. The quantitative estimate of drug-likeness (QED) is 0.465. The fraction of sp³-hybridized carbons (Fsp3) is 0.190. The Bertz CT molecular complexity index is 1330. The monoisotopic (exact) mass is 422 g/mol. The van der Waals surface area contributed by atoms with Gasteiger partial charge in [0.1, 0.15) is 17.2 Å². The average Bonchev–Trinajstić information content (AvgIpc) is 2.67. The van der Waals surface area contributed by atoms with E-state index >= 15 is 0 Å². The molecule has 9 nitrogen and oxygen atoms in total. The lowest BCUT2D eigenvalue weighted by molar-refractivity contribution is 0.102. The standard InChI is InChI=1S/C21H19FN6O3/c1-11-4-12(9-23)6-14(5-11)19(29)17-18(27(2)3)20(30)26-21(31)28(17)10-13-7-15(22)25-16(24)8-13/h4-8H,10H2,1-3H3,(H2,24,25)(H,26,30,31). The highest BCUT2D eigenvalue weighted by atomic mass is 19.1. The first-order chi connectivity index (χ1) is 14.6. The number of hydrogen-bond donors (Lipinski definition) is 2. The number of nitrogens with zero attached hydrogens (tertiary/aromatic N) is 4. The van der Waals surface area contributed by atoms with E-state index in [2.05, 4.69) is 9.97 Å². The Morgan fingerprint density at radius 3 is 2.58 bits per heavy atom. The summed E-state index contributed by atoms with van der Waals surface area (Å²) in [6.07, 6.45) is 0. The Hall–Kier alpha value is -4.26. The second-order valence-electron chi connectivity index (χ2n) is 7.19. The lowest BCUT2D eigenvalue weighted by Crippen LogP contribution is -2.38. The number of benzene rings is 1. The van der Waals surface area contributed by atoms with E-state index in [1.54, 1.807) is 33.2 Å². The Morgan fingerprint density at radius 2 is 1.97 bits per heavy atom. The second kappa shape index (κ2) is 8.23. The van der Waals surface area contributed by atoms with Crippen molar-refractivity contribution in [1.29, 1.82) is 5.26 Å². The van der Waals surface area contributed by atoms with Gasteiger partial charge in [0.2, 0.25) is 11.7 Å². The Kier molecular flexibility index (Phi) is 5.70. The molecule has 0 bridgehead atoms. The van der Waals surface area contributed by atoms with Crippen molar-refractivity contribution >= 4 is 17.3 Å². The number of nitriles is 1. The molecule has 0 unspecified atom stereocenters. The summed E-state index contributed by atoms with van der Waals surface area (Å²) in [5, 5.41) is 9.24. The van der Waals surface area contributed by atoms with Crippen LogP contribution in [0.5, 0.6) is 0 Å². The number of ketones is 1. The molecule has 3 rings (SSSR count). The van der Waals surface area contributed by atoms with Gasteiger partial charge >= 0.3 is 5.69 Å². The number of aryl methyl sites for hydroxylation is 1. The predicted octanol–water partition coefficient (Wildman–Crippen LogP) is 1.18. The van der Waals surface area contributed by atoms with Crippen LogP contribution in [0.3, 0.4) is 0 Å². The maximum atomic E-state index is 13.7. The number of carbonyl (C=O) groups is 1. The Labute approximate surface area is 176 Å². The van der Waals surface area contributed by atoms with E-state index in [1.165, 1.54) is 17.0 Å². The molecule has 3 N–H and O–H groups in total. The summed E-state index contributed by atoms with van der Waals surface area (Å²) in [6, 6.07) is 8.98. The summed E-state index contributed by atoms with van der Waals surface area (Å²) >= 11 is 0. The zero-order valence-corrected chi connectivity index (χ0v) is 17.1. The van der Waals surface area contributed by atoms with Crippen LogP contribution in [0.4, 0.5) is 15.9 Å². The third-order valence-electron chi connectivity index (χ3n) is 4.52. The minimum absolute atomic E-state index is 0.0490. The molecule has 3 aromatic rings. The van der Waals surface area contributed by atoms with Gasteiger partial charge in [0.15, 0.2) is 0 Å². The van der Waals surface area contributed by atoms with Crippen LogP contribution in [0.25, 0.3) is 0 Å². The zero-order valence-electron chi connectivity index (χ0n) is 17.1. The van der Waals surface area contributed by atoms with Crippen molar-refractivity contribution in [1.82, 2.24) is 14.5 Å². The van der Waals surface area contributed by atoms with Crippen molar-refractivity contribution in [3.05, 3.63) is 85.1 Å². The average molecular weight is 422 g/mol. The molecule has 31 heavy (non-hydrogen) atoms. The number of carbonyl (C=O) groups excluding carboxylic acids is 1. The number of pyridine rings is 1. The first kappa shape index (κ1) is 21.4. The summed E-state index contributed by atoms with van der Waals surface area (Å²) in [5.41, 5.74) is 5.10. The summed E-state index contributed by atoms with van der Waals surface area (Å²) in [7, 11) is 3.11. The largest absolute Gasteiger partial charge is 0.384 e. The van der Waals surface area contributed by atoms with E-state index in [0.717, 1.165) is 10.6 Å². The fourth-order valence-electron chi connectivity index (χ4n) is 3.32.